The minimum Gasteiger partial charge on any atom is -0.396 e. The van der Waals surface area contributed by atoms with Crippen LogP contribution in [0, 0.1) is 10.8 Å². The fourth-order valence-electron chi connectivity index (χ4n) is 3.81. The van der Waals surface area contributed by atoms with Gasteiger partial charge in [0.25, 0.3) is 0 Å². The van der Waals surface area contributed by atoms with Gasteiger partial charge in [-0.1, -0.05) is 43.2 Å². The quantitative estimate of drug-likeness (QED) is 0.716. The molecule has 3 N–H and O–H groups in total. The van der Waals surface area contributed by atoms with E-state index in [1.165, 1.54) is 18.4 Å². The lowest BCUT2D eigenvalue weighted by Gasteiger charge is -2.39. The lowest BCUT2D eigenvalue weighted by atomic mass is 9.80. The Bertz CT molecular complexity index is 531. The van der Waals surface area contributed by atoms with Crippen LogP contribution in [0.3, 0.4) is 0 Å². The van der Waals surface area contributed by atoms with Crippen LogP contribution in [0.15, 0.2) is 30.3 Å². The standard InChI is InChI=1S/C19H28N2O3/c22-13-19(14-24-15-19)12-21-17(23)20-11-18(8-4-5-9-18)10-16-6-2-1-3-7-16/h1-3,6-7,22H,4-5,8-15H2,(H2,20,21,23). The molecule has 2 aliphatic rings. The molecule has 0 spiro atoms. The van der Waals surface area contributed by atoms with Crippen molar-refractivity contribution >= 4 is 6.03 Å². The molecular weight excluding hydrogens is 304 g/mol. The van der Waals surface area contributed by atoms with E-state index in [2.05, 4.69) is 34.9 Å². The molecular formula is C19H28N2O3. The number of nitrogens with one attached hydrogen (secondary N) is 2. The molecule has 0 aromatic heterocycles. The molecule has 2 amide bonds. The molecule has 1 aliphatic carbocycles. The van der Waals surface area contributed by atoms with E-state index in [1.807, 2.05) is 6.07 Å². The van der Waals surface area contributed by atoms with Crippen molar-refractivity contribution in [2.24, 2.45) is 10.8 Å². The fourth-order valence-corrected chi connectivity index (χ4v) is 3.81. The number of hydrogen-bond donors (Lipinski definition) is 3. The molecule has 0 bridgehead atoms. The molecule has 24 heavy (non-hydrogen) atoms. The summed E-state index contributed by atoms with van der Waals surface area (Å²) in [6, 6.07) is 10.4. The molecule has 3 rings (SSSR count). The highest BCUT2D eigenvalue weighted by Gasteiger charge is 2.39. The average molecular weight is 332 g/mol. The SMILES string of the molecule is O=C(NCC1(CO)COC1)NCC1(Cc2ccccc2)CCCC1. The van der Waals surface area contributed by atoms with Gasteiger partial charge in [0.1, 0.15) is 0 Å². The second-order valence-corrected chi connectivity index (χ2v) is 7.56. The fraction of sp³-hybridized carbons (Fsp3) is 0.632. The molecule has 5 heteroatoms. The summed E-state index contributed by atoms with van der Waals surface area (Å²) in [5, 5.41) is 15.4. The summed E-state index contributed by atoms with van der Waals surface area (Å²) in [6.45, 7) is 2.24. The molecule has 5 nitrogen and oxygen atoms in total. The predicted molar refractivity (Wildman–Crippen MR) is 92.8 cm³/mol. The van der Waals surface area contributed by atoms with Crippen LogP contribution in [0.5, 0.6) is 0 Å². The van der Waals surface area contributed by atoms with Crippen LogP contribution in [-0.4, -0.2) is 44.0 Å². The first-order chi connectivity index (χ1) is 11.7. The molecule has 0 atom stereocenters. The van der Waals surface area contributed by atoms with Crippen LogP contribution in [0.1, 0.15) is 31.2 Å². The lowest BCUT2D eigenvalue weighted by molar-refractivity contribution is -0.132. The number of carbonyl (C=O) groups excluding carboxylic acids is 1. The normalized spacial score (nSPS) is 21.0. The van der Waals surface area contributed by atoms with Crippen molar-refractivity contribution in [3.05, 3.63) is 35.9 Å². The van der Waals surface area contributed by atoms with Gasteiger partial charge in [0.15, 0.2) is 0 Å². The molecule has 2 fully saturated rings. The minimum atomic E-state index is -0.285. The predicted octanol–water partition coefficient (Wildman–Crippen LogP) is 2.10. The van der Waals surface area contributed by atoms with Gasteiger partial charge in [-0.25, -0.2) is 4.79 Å². The molecule has 1 heterocycles. The Morgan fingerprint density at radius 3 is 2.21 bits per heavy atom. The van der Waals surface area contributed by atoms with Crippen molar-refractivity contribution in [2.45, 2.75) is 32.1 Å². The first-order valence-corrected chi connectivity index (χ1v) is 8.90. The van der Waals surface area contributed by atoms with E-state index in [1.54, 1.807) is 0 Å². The second-order valence-electron chi connectivity index (χ2n) is 7.56. The first kappa shape index (κ1) is 17.2. The molecule has 1 saturated heterocycles. The van der Waals surface area contributed by atoms with Crippen molar-refractivity contribution in [1.29, 1.82) is 0 Å². The third-order valence-electron chi connectivity index (χ3n) is 5.49. The largest absolute Gasteiger partial charge is 0.396 e. The van der Waals surface area contributed by atoms with Gasteiger partial charge in [-0.3, -0.25) is 0 Å². The van der Waals surface area contributed by atoms with E-state index >= 15 is 0 Å². The monoisotopic (exact) mass is 332 g/mol. The van der Waals surface area contributed by atoms with Crippen LogP contribution < -0.4 is 10.6 Å². The Morgan fingerprint density at radius 2 is 1.67 bits per heavy atom. The highest BCUT2D eigenvalue weighted by atomic mass is 16.5. The number of amides is 2. The van der Waals surface area contributed by atoms with Gasteiger partial charge in [-0.15, -0.1) is 0 Å². The summed E-state index contributed by atoms with van der Waals surface area (Å²) < 4.78 is 5.15. The van der Waals surface area contributed by atoms with Crippen LogP contribution in [0.2, 0.25) is 0 Å². The molecule has 1 aliphatic heterocycles. The van der Waals surface area contributed by atoms with E-state index in [-0.39, 0.29) is 23.5 Å². The van der Waals surface area contributed by atoms with Gasteiger partial charge < -0.3 is 20.5 Å². The Morgan fingerprint density at radius 1 is 1.04 bits per heavy atom. The number of aliphatic hydroxyl groups is 1. The molecule has 1 aromatic carbocycles. The van der Waals surface area contributed by atoms with Crippen molar-refractivity contribution < 1.29 is 14.6 Å². The minimum absolute atomic E-state index is 0.0468. The molecule has 0 unspecified atom stereocenters. The maximum atomic E-state index is 12.2. The van der Waals surface area contributed by atoms with E-state index in [4.69, 9.17) is 4.74 Å². The maximum Gasteiger partial charge on any atom is 0.314 e. The van der Waals surface area contributed by atoms with Gasteiger partial charge in [0, 0.05) is 13.1 Å². The number of aliphatic hydroxyl groups excluding tert-OH is 1. The number of benzene rings is 1. The van der Waals surface area contributed by atoms with Gasteiger partial charge >= 0.3 is 6.03 Å². The van der Waals surface area contributed by atoms with Crippen LogP contribution in [0.4, 0.5) is 4.79 Å². The third-order valence-corrected chi connectivity index (χ3v) is 5.49. The first-order valence-electron chi connectivity index (χ1n) is 8.90. The Hall–Kier alpha value is -1.59. The van der Waals surface area contributed by atoms with E-state index in [9.17, 15) is 9.90 Å². The van der Waals surface area contributed by atoms with E-state index in [0.717, 1.165) is 19.3 Å². The summed E-state index contributed by atoms with van der Waals surface area (Å²) in [5.41, 5.74) is 1.23. The molecule has 1 aromatic rings. The summed E-state index contributed by atoms with van der Waals surface area (Å²) in [4.78, 5) is 12.2. The maximum absolute atomic E-state index is 12.2. The van der Waals surface area contributed by atoms with Gasteiger partial charge in [0.2, 0.25) is 0 Å². The van der Waals surface area contributed by atoms with E-state index in [0.29, 0.717) is 26.3 Å². The zero-order chi connectivity index (χ0) is 16.9. The molecule has 132 valence electrons. The van der Waals surface area contributed by atoms with Crippen LogP contribution >= 0.6 is 0 Å². The number of carbonyl (C=O) groups is 1. The van der Waals surface area contributed by atoms with Crippen molar-refractivity contribution in [1.82, 2.24) is 10.6 Å². The van der Waals surface area contributed by atoms with Gasteiger partial charge in [-0.2, -0.15) is 0 Å². The van der Waals surface area contributed by atoms with E-state index < -0.39 is 0 Å². The Balaban J connectivity index is 1.50. The van der Waals surface area contributed by atoms with Crippen LogP contribution in [0.25, 0.3) is 0 Å². The van der Waals surface area contributed by atoms with Crippen LogP contribution in [-0.2, 0) is 11.2 Å². The summed E-state index contributed by atoms with van der Waals surface area (Å²) in [7, 11) is 0. The summed E-state index contributed by atoms with van der Waals surface area (Å²) >= 11 is 0. The van der Waals surface area contributed by atoms with Gasteiger partial charge in [0.05, 0.1) is 25.2 Å². The highest BCUT2D eigenvalue weighted by molar-refractivity contribution is 5.73. The topological polar surface area (TPSA) is 70.6 Å². The number of rotatable bonds is 7. The average Bonchev–Trinajstić information content (AvgIpc) is 3.02. The zero-order valence-electron chi connectivity index (χ0n) is 14.2. The highest BCUT2D eigenvalue weighted by Crippen LogP contribution is 2.40. The van der Waals surface area contributed by atoms with Crippen molar-refractivity contribution in [3.63, 3.8) is 0 Å². The number of hydrogen-bond acceptors (Lipinski definition) is 3. The van der Waals surface area contributed by atoms with Crippen molar-refractivity contribution in [3.8, 4) is 0 Å². The summed E-state index contributed by atoms with van der Waals surface area (Å²) in [5.74, 6) is 0. The molecule has 0 radical (unpaired) electrons. The third kappa shape index (κ3) is 4.08. The zero-order valence-corrected chi connectivity index (χ0v) is 14.2. The Kier molecular flexibility index (Phi) is 5.41. The number of ether oxygens (including phenoxy) is 1. The lowest BCUT2D eigenvalue weighted by Crippen LogP contribution is -2.55. The number of urea groups is 1. The Labute approximate surface area is 143 Å². The molecule has 1 saturated carbocycles. The van der Waals surface area contributed by atoms with Crippen molar-refractivity contribution in [2.75, 3.05) is 32.9 Å². The smallest absolute Gasteiger partial charge is 0.314 e. The summed E-state index contributed by atoms with van der Waals surface area (Å²) in [6.07, 6.45) is 5.82. The van der Waals surface area contributed by atoms with Gasteiger partial charge in [-0.05, 0) is 30.2 Å². The second kappa shape index (κ2) is 7.53.